The minimum atomic E-state index is -4.30. The van der Waals surface area contributed by atoms with E-state index in [-0.39, 0.29) is 24.7 Å². The van der Waals surface area contributed by atoms with Crippen molar-refractivity contribution in [2.24, 2.45) is 0 Å². The fourth-order valence-corrected chi connectivity index (χ4v) is 3.73. The van der Waals surface area contributed by atoms with Gasteiger partial charge in [0.05, 0.1) is 30.5 Å². The van der Waals surface area contributed by atoms with Crippen molar-refractivity contribution in [2.45, 2.75) is 64.6 Å². The summed E-state index contributed by atoms with van der Waals surface area (Å²) in [5.41, 5.74) is -1.02. The number of phosphoric acid groups is 1. The third-order valence-corrected chi connectivity index (χ3v) is 4.83. The fourth-order valence-electron chi connectivity index (χ4n) is 2.58. The highest BCUT2D eigenvalue weighted by molar-refractivity contribution is 7.47. The van der Waals surface area contributed by atoms with Crippen molar-refractivity contribution < 1.29 is 28.0 Å². The number of phosphoric ester groups is 1. The lowest BCUT2D eigenvalue weighted by atomic mass is 10.1. The minimum Gasteiger partial charge on any atom is -0.376 e. The quantitative estimate of drug-likeness (QED) is 0.561. The van der Waals surface area contributed by atoms with Crippen LogP contribution in [0.3, 0.4) is 0 Å². The van der Waals surface area contributed by atoms with E-state index < -0.39 is 43.5 Å². The van der Waals surface area contributed by atoms with E-state index in [0.717, 1.165) is 0 Å². The number of aromatic nitrogens is 2. The van der Waals surface area contributed by atoms with Gasteiger partial charge in [0.15, 0.2) is 0 Å². The van der Waals surface area contributed by atoms with E-state index in [2.05, 4.69) is 9.97 Å². The molecule has 26 heavy (non-hydrogen) atoms. The van der Waals surface area contributed by atoms with Gasteiger partial charge in [-0.2, -0.15) is 0 Å². The van der Waals surface area contributed by atoms with E-state index in [1.807, 2.05) is 13.8 Å². The smallest absolute Gasteiger partial charge is 0.376 e. The molecule has 4 atom stereocenters. The van der Waals surface area contributed by atoms with Crippen LogP contribution in [0.5, 0.6) is 0 Å². The molecule has 0 bridgehead atoms. The molecule has 0 radical (unpaired) electrons. The molecule has 1 aromatic rings. The van der Waals surface area contributed by atoms with E-state index in [0.29, 0.717) is 0 Å². The van der Waals surface area contributed by atoms with Crippen molar-refractivity contribution in [3.05, 3.63) is 32.6 Å². The third-order valence-electron chi connectivity index (χ3n) is 3.60. The average Bonchev–Trinajstić information content (AvgIpc) is 2.85. The lowest BCUT2D eigenvalue weighted by molar-refractivity contribution is -0.0600. The van der Waals surface area contributed by atoms with Gasteiger partial charge in [0.1, 0.15) is 12.2 Å². The Labute approximate surface area is 150 Å². The molecule has 0 amide bonds. The van der Waals surface area contributed by atoms with E-state index >= 15 is 0 Å². The summed E-state index contributed by atoms with van der Waals surface area (Å²) in [6.07, 6.45) is -1.41. The van der Waals surface area contributed by atoms with Crippen molar-refractivity contribution in [2.75, 3.05) is 6.61 Å². The van der Waals surface area contributed by atoms with Gasteiger partial charge in [-0.05, 0) is 27.7 Å². The summed E-state index contributed by atoms with van der Waals surface area (Å²) >= 11 is 0. The highest BCUT2D eigenvalue weighted by atomic mass is 31.2. The summed E-state index contributed by atoms with van der Waals surface area (Å²) in [6, 6.07) is 0. The molecule has 2 rings (SSSR count). The van der Waals surface area contributed by atoms with Crippen molar-refractivity contribution in [1.82, 2.24) is 9.97 Å². The maximum Gasteiger partial charge on any atom is 0.472 e. The van der Waals surface area contributed by atoms with Crippen LogP contribution in [0, 0.1) is 0 Å². The molecule has 2 heterocycles. The largest absolute Gasteiger partial charge is 0.472 e. The second kappa shape index (κ2) is 8.60. The molecule has 1 fully saturated rings. The Morgan fingerprint density at radius 3 is 2.58 bits per heavy atom. The van der Waals surface area contributed by atoms with Crippen LogP contribution in [0.2, 0.25) is 0 Å². The molecule has 10 nitrogen and oxygen atoms in total. The molecule has 1 aliphatic rings. The molecule has 11 heteroatoms. The molecule has 148 valence electrons. The molecule has 1 saturated heterocycles. The second-order valence-corrected chi connectivity index (χ2v) is 7.93. The van der Waals surface area contributed by atoms with Gasteiger partial charge in [0.25, 0.3) is 5.56 Å². The molecular weight excluding hydrogens is 367 g/mol. The summed E-state index contributed by atoms with van der Waals surface area (Å²) in [7, 11) is -4.30. The number of rotatable bonds is 8. The van der Waals surface area contributed by atoms with E-state index in [9.17, 15) is 19.0 Å². The van der Waals surface area contributed by atoms with Gasteiger partial charge >= 0.3 is 13.5 Å². The Kier molecular flexibility index (Phi) is 6.95. The van der Waals surface area contributed by atoms with Gasteiger partial charge in [-0.3, -0.25) is 18.8 Å². The number of nitrogens with one attached hydrogen (secondary N) is 2. The van der Waals surface area contributed by atoms with Gasteiger partial charge in [-0.15, -0.1) is 0 Å². The Balaban J connectivity index is 2.19. The van der Waals surface area contributed by atoms with Gasteiger partial charge in [0, 0.05) is 12.6 Å². The lowest BCUT2D eigenvalue weighted by Gasteiger charge is -2.23. The molecule has 3 N–H and O–H groups in total. The van der Waals surface area contributed by atoms with Crippen molar-refractivity contribution >= 4 is 7.82 Å². The molecule has 0 aromatic carbocycles. The van der Waals surface area contributed by atoms with Gasteiger partial charge in [0.2, 0.25) is 0 Å². The van der Waals surface area contributed by atoms with Crippen LogP contribution in [0.25, 0.3) is 0 Å². The standard InChI is InChI=1S/C15H25N2O8P/c1-8(2)22-7-13-12(25-26(20,21)24-9(3)4)5-11(23-13)10-6-16-15(19)17-14(10)18/h6,8-9,11-13H,5,7H2,1-4H3,(H,20,21)(H2,16,17,18,19)/t11-,12+,13-/m1/s1. The maximum atomic E-state index is 12.1. The summed E-state index contributed by atoms with van der Waals surface area (Å²) in [4.78, 5) is 37.5. The van der Waals surface area contributed by atoms with Crippen molar-refractivity contribution in [3.63, 3.8) is 0 Å². The maximum absolute atomic E-state index is 12.1. The van der Waals surface area contributed by atoms with Crippen LogP contribution in [-0.2, 0) is 23.1 Å². The predicted octanol–water partition coefficient (Wildman–Crippen LogP) is 1.23. The van der Waals surface area contributed by atoms with Gasteiger partial charge < -0.3 is 19.4 Å². The minimum absolute atomic E-state index is 0.0809. The van der Waals surface area contributed by atoms with Crippen LogP contribution in [0.1, 0.15) is 45.8 Å². The first-order valence-electron chi connectivity index (χ1n) is 8.36. The van der Waals surface area contributed by atoms with Crippen LogP contribution < -0.4 is 11.2 Å². The number of ether oxygens (including phenoxy) is 2. The van der Waals surface area contributed by atoms with Crippen LogP contribution in [0.4, 0.5) is 0 Å². The molecular formula is C15H25N2O8P. The van der Waals surface area contributed by atoms with Crippen molar-refractivity contribution in [1.29, 1.82) is 0 Å². The Morgan fingerprint density at radius 2 is 2.00 bits per heavy atom. The Hall–Kier alpha value is -1.29. The van der Waals surface area contributed by atoms with Crippen LogP contribution in [-0.4, -0.2) is 45.9 Å². The fraction of sp³-hybridized carbons (Fsp3) is 0.733. The third kappa shape index (κ3) is 5.87. The van der Waals surface area contributed by atoms with Crippen LogP contribution >= 0.6 is 7.82 Å². The topological polar surface area (TPSA) is 140 Å². The number of hydrogen-bond acceptors (Lipinski definition) is 7. The second-order valence-electron chi connectivity index (χ2n) is 6.57. The molecule has 1 aliphatic heterocycles. The SMILES string of the molecule is CC(C)OC[C@H]1O[C@@H](c2c[nH]c(=O)[nH]c2=O)C[C@@H]1OP(=O)(O)OC(C)C. The predicted molar refractivity (Wildman–Crippen MR) is 91.9 cm³/mol. The molecule has 0 spiro atoms. The molecule has 0 saturated carbocycles. The Bertz CT molecular complexity index is 759. The zero-order valence-electron chi connectivity index (χ0n) is 15.1. The number of aromatic amines is 2. The van der Waals surface area contributed by atoms with E-state index in [1.54, 1.807) is 13.8 Å². The zero-order valence-corrected chi connectivity index (χ0v) is 16.0. The first-order valence-corrected chi connectivity index (χ1v) is 9.85. The first kappa shape index (κ1) is 21.0. The van der Waals surface area contributed by atoms with Crippen molar-refractivity contribution in [3.8, 4) is 0 Å². The Morgan fingerprint density at radius 1 is 1.31 bits per heavy atom. The van der Waals surface area contributed by atoms with Crippen LogP contribution in [0.15, 0.2) is 15.8 Å². The van der Waals surface area contributed by atoms with E-state index in [1.165, 1.54) is 6.20 Å². The average molecular weight is 392 g/mol. The number of hydrogen-bond donors (Lipinski definition) is 3. The van der Waals surface area contributed by atoms with E-state index in [4.69, 9.17) is 18.5 Å². The molecule has 1 unspecified atom stereocenters. The first-order chi connectivity index (χ1) is 12.1. The summed E-state index contributed by atoms with van der Waals surface area (Å²) < 4.78 is 33.6. The normalized spacial score (nSPS) is 25.7. The molecule has 0 aliphatic carbocycles. The highest BCUT2D eigenvalue weighted by Gasteiger charge is 2.42. The highest BCUT2D eigenvalue weighted by Crippen LogP contribution is 2.49. The van der Waals surface area contributed by atoms with Gasteiger partial charge in [-0.25, -0.2) is 9.36 Å². The number of H-pyrrole nitrogens is 2. The molecule has 1 aromatic heterocycles. The summed E-state index contributed by atoms with van der Waals surface area (Å²) in [5.74, 6) is 0. The summed E-state index contributed by atoms with van der Waals surface area (Å²) in [6.45, 7) is 7.02. The lowest BCUT2D eigenvalue weighted by Crippen LogP contribution is -2.30. The monoisotopic (exact) mass is 392 g/mol. The van der Waals surface area contributed by atoms with Gasteiger partial charge in [-0.1, -0.05) is 0 Å². The summed E-state index contributed by atoms with van der Waals surface area (Å²) in [5, 5.41) is 0. The zero-order chi connectivity index (χ0) is 19.5.